The Labute approximate surface area is 165 Å². The maximum absolute atomic E-state index is 5.88. The minimum Gasteiger partial charge on any atom is -0.454 e. The van der Waals surface area contributed by atoms with E-state index in [9.17, 15) is 0 Å². The minimum absolute atomic E-state index is 0.0942. The summed E-state index contributed by atoms with van der Waals surface area (Å²) in [5.41, 5.74) is 7.12. The van der Waals surface area contributed by atoms with E-state index in [1.165, 1.54) is 5.56 Å². The van der Waals surface area contributed by atoms with Crippen LogP contribution in [0, 0.1) is 0 Å². The third kappa shape index (κ3) is 3.95. The van der Waals surface area contributed by atoms with E-state index >= 15 is 0 Å². The average Bonchev–Trinajstić information content (AvgIpc) is 3.15. The van der Waals surface area contributed by atoms with Gasteiger partial charge in [0.1, 0.15) is 0 Å². The standard InChI is InChI=1S/C19H27N7O2/c1-13(17-21-18(20)23-19(22-17)24(2)3)26-8-6-25(7-9-26)11-14-4-5-15-16(10-14)28-12-27-15/h4-5,10,13H,6-9,11-12H2,1-3H3,(H2,20,21,22,23). The van der Waals surface area contributed by atoms with Crippen molar-refractivity contribution in [2.75, 3.05) is 57.7 Å². The van der Waals surface area contributed by atoms with Crippen molar-refractivity contribution < 1.29 is 9.47 Å². The van der Waals surface area contributed by atoms with E-state index in [0.29, 0.717) is 12.7 Å². The molecule has 1 saturated heterocycles. The summed E-state index contributed by atoms with van der Waals surface area (Å²) in [6.45, 7) is 7.22. The quantitative estimate of drug-likeness (QED) is 0.813. The Hall–Kier alpha value is -2.65. The molecular weight excluding hydrogens is 358 g/mol. The van der Waals surface area contributed by atoms with Crippen molar-refractivity contribution in [2.24, 2.45) is 0 Å². The first-order valence-electron chi connectivity index (χ1n) is 9.53. The molecule has 0 spiro atoms. The fraction of sp³-hybridized carbons (Fsp3) is 0.526. The summed E-state index contributed by atoms with van der Waals surface area (Å²) in [5, 5.41) is 0. The summed E-state index contributed by atoms with van der Waals surface area (Å²) in [6, 6.07) is 6.27. The van der Waals surface area contributed by atoms with Crippen molar-refractivity contribution >= 4 is 11.9 Å². The van der Waals surface area contributed by atoms with Crippen LogP contribution in [0.25, 0.3) is 0 Å². The van der Waals surface area contributed by atoms with Crippen LogP contribution in [-0.2, 0) is 6.54 Å². The Morgan fingerprint density at radius 2 is 1.82 bits per heavy atom. The number of nitrogen functional groups attached to an aromatic ring is 1. The molecule has 4 rings (SSSR count). The lowest BCUT2D eigenvalue weighted by molar-refractivity contribution is 0.0947. The molecule has 1 atom stereocenters. The van der Waals surface area contributed by atoms with Crippen LogP contribution >= 0.6 is 0 Å². The van der Waals surface area contributed by atoms with Crippen LogP contribution < -0.4 is 20.1 Å². The van der Waals surface area contributed by atoms with E-state index in [2.05, 4.69) is 43.8 Å². The van der Waals surface area contributed by atoms with Crippen LogP contribution in [0.15, 0.2) is 18.2 Å². The zero-order valence-corrected chi connectivity index (χ0v) is 16.6. The highest BCUT2D eigenvalue weighted by atomic mass is 16.7. The molecule has 2 N–H and O–H groups in total. The number of benzene rings is 1. The number of nitrogens with zero attached hydrogens (tertiary/aromatic N) is 6. The van der Waals surface area contributed by atoms with Gasteiger partial charge in [0.2, 0.25) is 18.7 Å². The summed E-state index contributed by atoms with van der Waals surface area (Å²) in [7, 11) is 3.80. The maximum Gasteiger partial charge on any atom is 0.231 e. The van der Waals surface area contributed by atoms with Crippen molar-refractivity contribution in [1.29, 1.82) is 0 Å². The predicted octanol–water partition coefficient (Wildman–Crippen LogP) is 1.13. The molecule has 9 heteroatoms. The van der Waals surface area contributed by atoms with Crippen molar-refractivity contribution in [2.45, 2.75) is 19.5 Å². The summed E-state index contributed by atoms with van der Waals surface area (Å²) in [4.78, 5) is 19.8. The van der Waals surface area contributed by atoms with Gasteiger partial charge in [-0.3, -0.25) is 9.80 Å². The maximum atomic E-state index is 5.88. The molecule has 1 aromatic heterocycles. The van der Waals surface area contributed by atoms with Crippen molar-refractivity contribution in [3.05, 3.63) is 29.6 Å². The van der Waals surface area contributed by atoms with Crippen LogP contribution in [0.3, 0.4) is 0 Å². The molecule has 1 aromatic carbocycles. The van der Waals surface area contributed by atoms with Gasteiger partial charge in [0, 0.05) is 46.8 Å². The lowest BCUT2D eigenvalue weighted by atomic mass is 10.1. The Balaban J connectivity index is 1.36. The van der Waals surface area contributed by atoms with Crippen molar-refractivity contribution in [3.8, 4) is 11.5 Å². The van der Waals surface area contributed by atoms with Crippen molar-refractivity contribution in [1.82, 2.24) is 24.8 Å². The van der Waals surface area contributed by atoms with Gasteiger partial charge in [-0.1, -0.05) is 6.07 Å². The fourth-order valence-corrected chi connectivity index (χ4v) is 3.55. The zero-order valence-electron chi connectivity index (χ0n) is 16.6. The number of rotatable bonds is 5. The van der Waals surface area contributed by atoms with Crippen LogP contribution in [0.4, 0.5) is 11.9 Å². The van der Waals surface area contributed by atoms with Gasteiger partial charge in [-0.05, 0) is 24.6 Å². The van der Waals surface area contributed by atoms with Gasteiger partial charge in [0.15, 0.2) is 17.3 Å². The van der Waals surface area contributed by atoms with Gasteiger partial charge >= 0.3 is 0 Å². The van der Waals surface area contributed by atoms with Gasteiger partial charge in [0.25, 0.3) is 0 Å². The molecule has 2 aliphatic heterocycles. The van der Waals surface area contributed by atoms with Crippen molar-refractivity contribution in [3.63, 3.8) is 0 Å². The number of ether oxygens (including phenoxy) is 2. The molecule has 9 nitrogen and oxygen atoms in total. The van der Waals surface area contributed by atoms with Crippen LogP contribution in [0.2, 0.25) is 0 Å². The van der Waals surface area contributed by atoms with Gasteiger partial charge in [0.05, 0.1) is 6.04 Å². The summed E-state index contributed by atoms with van der Waals surface area (Å²) >= 11 is 0. The number of hydrogen-bond acceptors (Lipinski definition) is 9. The number of anilines is 2. The third-order valence-electron chi connectivity index (χ3n) is 5.23. The molecule has 2 aromatic rings. The molecule has 0 saturated carbocycles. The SMILES string of the molecule is CC(c1nc(N)nc(N(C)C)n1)N1CCN(Cc2ccc3c(c2)OCO3)CC1. The van der Waals surface area contributed by atoms with Gasteiger partial charge < -0.3 is 20.1 Å². The number of piperazine rings is 1. The van der Waals surface area contributed by atoms with E-state index in [1.807, 2.05) is 25.1 Å². The Kier molecular flexibility index (Phi) is 5.19. The number of hydrogen-bond donors (Lipinski definition) is 1. The molecule has 28 heavy (non-hydrogen) atoms. The first kappa shape index (κ1) is 18.7. The minimum atomic E-state index is 0.0942. The second-order valence-electron chi connectivity index (χ2n) is 7.42. The topological polar surface area (TPSA) is 92.9 Å². The largest absolute Gasteiger partial charge is 0.454 e. The number of aromatic nitrogens is 3. The Bertz CT molecular complexity index is 837. The fourth-order valence-electron chi connectivity index (χ4n) is 3.55. The summed E-state index contributed by atoms with van der Waals surface area (Å²) in [5.74, 6) is 3.25. The first-order chi connectivity index (χ1) is 13.5. The summed E-state index contributed by atoms with van der Waals surface area (Å²) in [6.07, 6.45) is 0. The average molecular weight is 385 g/mol. The monoisotopic (exact) mass is 385 g/mol. The molecule has 0 amide bonds. The van der Waals surface area contributed by atoms with Crippen LogP contribution in [0.5, 0.6) is 11.5 Å². The molecule has 150 valence electrons. The van der Waals surface area contributed by atoms with E-state index in [-0.39, 0.29) is 12.0 Å². The highest BCUT2D eigenvalue weighted by Crippen LogP contribution is 2.33. The van der Waals surface area contributed by atoms with E-state index in [1.54, 1.807) is 0 Å². The zero-order chi connectivity index (χ0) is 19.7. The molecule has 0 radical (unpaired) electrons. The van der Waals surface area contributed by atoms with Gasteiger partial charge in [-0.15, -0.1) is 0 Å². The Morgan fingerprint density at radius 3 is 2.57 bits per heavy atom. The van der Waals surface area contributed by atoms with Gasteiger partial charge in [-0.2, -0.15) is 15.0 Å². The van der Waals surface area contributed by atoms with Crippen LogP contribution in [0.1, 0.15) is 24.4 Å². The molecule has 1 unspecified atom stereocenters. The normalized spacial score (nSPS) is 18.2. The number of nitrogens with two attached hydrogens (primary N) is 1. The Morgan fingerprint density at radius 1 is 1.07 bits per heavy atom. The second-order valence-corrected chi connectivity index (χ2v) is 7.42. The number of fused-ring (bicyclic) bond motifs is 1. The van der Waals surface area contributed by atoms with E-state index < -0.39 is 0 Å². The first-order valence-corrected chi connectivity index (χ1v) is 9.53. The molecule has 1 fully saturated rings. The molecule has 0 aliphatic carbocycles. The van der Waals surface area contributed by atoms with E-state index in [4.69, 9.17) is 15.2 Å². The lowest BCUT2D eigenvalue weighted by Crippen LogP contribution is -2.47. The highest BCUT2D eigenvalue weighted by molar-refractivity contribution is 5.44. The second kappa shape index (κ2) is 7.76. The molecule has 2 aliphatic rings. The molecule has 0 bridgehead atoms. The predicted molar refractivity (Wildman–Crippen MR) is 106 cm³/mol. The third-order valence-corrected chi connectivity index (χ3v) is 5.23. The summed E-state index contributed by atoms with van der Waals surface area (Å²) < 4.78 is 10.9. The smallest absolute Gasteiger partial charge is 0.231 e. The van der Waals surface area contributed by atoms with E-state index in [0.717, 1.165) is 50.0 Å². The molecule has 3 heterocycles. The highest BCUT2D eigenvalue weighted by Gasteiger charge is 2.25. The molecular formula is C19H27N7O2. The lowest BCUT2D eigenvalue weighted by Gasteiger charge is -2.37. The van der Waals surface area contributed by atoms with Gasteiger partial charge in [-0.25, -0.2) is 0 Å². The van der Waals surface area contributed by atoms with Crippen LogP contribution in [-0.4, -0.2) is 71.8 Å².